The highest BCUT2D eigenvalue weighted by Crippen LogP contribution is 2.20. The number of halogens is 1. The van der Waals surface area contributed by atoms with Crippen molar-refractivity contribution in [3.8, 4) is 0 Å². The molecule has 0 aromatic carbocycles. The van der Waals surface area contributed by atoms with Gasteiger partial charge in [-0.15, -0.1) is 0 Å². The van der Waals surface area contributed by atoms with E-state index >= 15 is 0 Å². The van der Waals surface area contributed by atoms with Gasteiger partial charge in [-0.1, -0.05) is 11.6 Å². The number of hydrogen-bond donors (Lipinski definition) is 0. The minimum absolute atomic E-state index is 0.0474. The molecule has 0 unspecified atom stereocenters. The van der Waals surface area contributed by atoms with Gasteiger partial charge < -0.3 is 14.7 Å². The summed E-state index contributed by atoms with van der Waals surface area (Å²) in [7, 11) is 5.41. The van der Waals surface area contributed by atoms with E-state index in [4.69, 9.17) is 11.6 Å². The van der Waals surface area contributed by atoms with Crippen molar-refractivity contribution in [1.82, 2.24) is 19.8 Å². The first-order valence-electron chi connectivity index (χ1n) is 6.65. The molecule has 6 nitrogen and oxygen atoms in total. The number of nitrogens with zero attached hydrogens (tertiary/aromatic N) is 5. The second-order valence-electron chi connectivity index (χ2n) is 5.21. The Morgan fingerprint density at radius 1 is 1.25 bits per heavy atom. The van der Waals surface area contributed by atoms with Crippen LogP contribution in [-0.2, 0) is 0 Å². The van der Waals surface area contributed by atoms with Crippen molar-refractivity contribution in [3.63, 3.8) is 0 Å². The Hall–Kier alpha value is -1.56. The molecular formula is C13H20ClN5O. The summed E-state index contributed by atoms with van der Waals surface area (Å²) in [4.78, 5) is 25.9. The lowest BCUT2D eigenvalue weighted by Gasteiger charge is -2.37. The van der Waals surface area contributed by atoms with E-state index in [-0.39, 0.29) is 12.1 Å². The van der Waals surface area contributed by atoms with Crippen LogP contribution in [0.3, 0.4) is 0 Å². The van der Waals surface area contributed by atoms with Crippen LogP contribution >= 0.6 is 11.6 Å². The molecule has 2 rings (SSSR count). The summed E-state index contributed by atoms with van der Waals surface area (Å²) >= 11 is 5.79. The van der Waals surface area contributed by atoms with E-state index < -0.39 is 0 Å². The molecule has 0 radical (unpaired) electrons. The first-order chi connectivity index (χ1) is 9.49. The van der Waals surface area contributed by atoms with Crippen molar-refractivity contribution in [1.29, 1.82) is 0 Å². The van der Waals surface area contributed by atoms with Gasteiger partial charge in [-0.3, -0.25) is 0 Å². The van der Waals surface area contributed by atoms with Crippen LogP contribution in [0, 0.1) is 0 Å². The maximum absolute atomic E-state index is 11.9. The zero-order valence-corrected chi connectivity index (χ0v) is 12.8. The third kappa shape index (κ3) is 3.30. The summed E-state index contributed by atoms with van der Waals surface area (Å²) in [5.41, 5.74) is 0. The van der Waals surface area contributed by atoms with Crippen LogP contribution in [0.25, 0.3) is 0 Å². The van der Waals surface area contributed by atoms with Crippen molar-refractivity contribution in [3.05, 3.63) is 17.4 Å². The molecule has 110 valence electrons. The van der Waals surface area contributed by atoms with Gasteiger partial charge in [0, 0.05) is 40.3 Å². The van der Waals surface area contributed by atoms with Gasteiger partial charge >= 0.3 is 6.03 Å². The summed E-state index contributed by atoms with van der Waals surface area (Å²) in [5.74, 6) is 0.703. The van der Waals surface area contributed by atoms with Crippen LogP contribution in [0.5, 0.6) is 0 Å². The van der Waals surface area contributed by atoms with Crippen molar-refractivity contribution in [2.45, 2.75) is 18.9 Å². The molecule has 7 heteroatoms. The second kappa shape index (κ2) is 6.26. The average Bonchev–Trinajstić information content (AvgIpc) is 2.46. The number of piperidine rings is 1. The maximum Gasteiger partial charge on any atom is 0.319 e. The maximum atomic E-state index is 11.9. The lowest BCUT2D eigenvalue weighted by molar-refractivity contribution is 0.155. The average molecular weight is 298 g/mol. The van der Waals surface area contributed by atoms with E-state index in [1.807, 2.05) is 11.9 Å². The van der Waals surface area contributed by atoms with Crippen molar-refractivity contribution >= 4 is 23.6 Å². The zero-order valence-electron chi connectivity index (χ0n) is 12.1. The van der Waals surface area contributed by atoms with Gasteiger partial charge in [0.15, 0.2) is 0 Å². The number of amides is 2. The molecule has 1 aliphatic rings. The largest absolute Gasteiger partial charge is 0.341 e. The SMILES string of the molecule is CN(C)C(=O)N(C)C1CCN(c2ncc(Cl)cn2)CC1. The molecule has 0 bridgehead atoms. The Kier molecular flexibility index (Phi) is 4.65. The normalized spacial score (nSPS) is 16.1. The number of anilines is 1. The zero-order chi connectivity index (χ0) is 14.7. The number of carbonyl (C=O) groups is 1. The predicted molar refractivity (Wildman–Crippen MR) is 79.1 cm³/mol. The fraction of sp³-hybridized carbons (Fsp3) is 0.615. The molecule has 1 aliphatic heterocycles. The smallest absolute Gasteiger partial charge is 0.319 e. The summed E-state index contributed by atoms with van der Waals surface area (Å²) in [6.07, 6.45) is 5.06. The predicted octanol–water partition coefficient (Wildman–Crippen LogP) is 1.71. The van der Waals surface area contributed by atoms with Crippen LogP contribution < -0.4 is 4.90 Å². The number of aromatic nitrogens is 2. The highest BCUT2D eigenvalue weighted by molar-refractivity contribution is 6.30. The number of carbonyl (C=O) groups excluding carboxylic acids is 1. The standard InChI is InChI=1S/C13H20ClN5O/c1-17(2)13(20)18(3)11-4-6-19(7-5-11)12-15-8-10(14)9-16-12/h8-9,11H,4-7H2,1-3H3. The summed E-state index contributed by atoms with van der Waals surface area (Å²) < 4.78 is 0. The van der Waals surface area contributed by atoms with E-state index in [0.717, 1.165) is 25.9 Å². The molecule has 0 atom stereocenters. The molecule has 1 aromatic rings. The molecule has 0 aliphatic carbocycles. The molecule has 2 heterocycles. The lowest BCUT2D eigenvalue weighted by atomic mass is 10.0. The molecule has 0 N–H and O–H groups in total. The van der Waals surface area contributed by atoms with Gasteiger partial charge in [0.2, 0.25) is 5.95 Å². The fourth-order valence-electron chi connectivity index (χ4n) is 2.39. The first kappa shape index (κ1) is 14.8. The Morgan fingerprint density at radius 2 is 1.80 bits per heavy atom. The van der Waals surface area contributed by atoms with Crippen LogP contribution in [0.2, 0.25) is 5.02 Å². The lowest BCUT2D eigenvalue weighted by Crippen LogP contribution is -2.48. The quantitative estimate of drug-likeness (QED) is 0.834. The van der Waals surface area contributed by atoms with Gasteiger partial charge in [0.1, 0.15) is 0 Å². The fourth-order valence-corrected chi connectivity index (χ4v) is 2.49. The van der Waals surface area contributed by atoms with Gasteiger partial charge in [0.25, 0.3) is 0 Å². The van der Waals surface area contributed by atoms with Gasteiger partial charge in [-0.2, -0.15) is 0 Å². The Labute approximate surface area is 124 Å². The Bertz CT molecular complexity index is 456. The highest BCUT2D eigenvalue weighted by Gasteiger charge is 2.26. The van der Waals surface area contributed by atoms with Crippen molar-refractivity contribution in [2.75, 3.05) is 39.1 Å². The topological polar surface area (TPSA) is 52.6 Å². The van der Waals surface area contributed by atoms with E-state index in [2.05, 4.69) is 14.9 Å². The van der Waals surface area contributed by atoms with E-state index in [1.165, 1.54) is 0 Å². The molecular weight excluding hydrogens is 278 g/mol. The molecule has 0 spiro atoms. The first-order valence-corrected chi connectivity index (χ1v) is 7.03. The molecule has 20 heavy (non-hydrogen) atoms. The third-order valence-electron chi connectivity index (χ3n) is 3.59. The summed E-state index contributed by atoms with van der Waals surface area (Å²) in [6.45, 7) is 1.69. The van der Waals surface area contributed by atoms with Crippen molar-refractivity contribution in [2.24, 2.45) is 0 Å². The van der Waals surface area contributed by atoms with Crippen LogP contribution in [0.15, 0.2) is 12.4 Å². The number of urea groups is 1. The van der Waals surface area contributed by atoms with Crippen molar-refractivity contribution < 1.29 is 4.79 Å². The summed E-state index contributed by atoms with van der Waals surface area (Å²) in [6, 6.07) is 0.319. The molecule has 1 fully saturated rings. The van der Waals surface area contributed by atoms with Gasteiger partial charge in [-0.25, -0.2) is 14.8 Å². The van der Waals surface area contributed by atoms with E-state index in [0.29, 0.717) is 11.0 Å². The minimum atomic E-state index is 0.0474. The Morgan fingerprint density at radius 3 is 2.30 bits per heavy atom. The molecule has 1 saturated heterocycles. The Balaban J connectivity index is 1.92. The van der Waals surface area contributed by atoms with Crippen LogP contribution in [-0.4, -0.2) is 66.1 Å². The summed E-state index contributed by atoms with van der Waals surface area (Å²) in [5, 5.41) is 0.542. The third-order valence-corrected chi connectivity index (χ3v) is 3.78. The number of hydrogen-bond acceptors (Lipinski definition) is 4. The van der Waals surface area contributed by atoms with E-state index in [1.54, 1.807) is 31.4 Å². The molecule has 2 amide bonds. The number of rotatable bonds is 2. The minimum Gasteiger partial charge on any atom is -0.341 e. The van der Waals surface area contributed by atoms with Gasteiger partial charge in [-0.05, 0) is 12.8 Å². The van der Waals surface area contributed by atoms with E-state index in [9.17, 15) is 4.79 Å². The van der Waals surface area contributed by atoms with Crippen LogP contribution in [0.1, 0.15) is 12.8 Å². The van der Waals surface area contributed by atoms with Crippen LogP contribution in [0.4, 0.5) is 10.7 Å². The monoisotopic (exact) mass is 297 g/mol. The molecule has 1 aromatic heterocycles. The highest BCUT2D eigenvalue weighted by atomic mass is 35.5. The second-order valence-corrected chi connectivity index (χ2v) is 5.64. The molecule has 0 saturated carbocycles. The van der Waals surface area contributed by atoms with Gasteiger partial charge in [0.05, 0.1) is 17.4 Å².